The maximum absolute atomic E-state index is 13.2. The zero-order chi connectivity index (χ0) is 20.7. The number of rotatable bonds is 3. The van der Waals surface area contributed by atoms with Crippen LogP contribution in [0.5, 0.6) is 11.5 Å². The number of aromatic nitrogens is 2. The van der Waals surface area contributed by atoms with E-state index in [0.717, 1.165) is 11.3 Å². The van der Waals surface area contributed by atoms with Gasteiger partial charge in [0.05, 0.1) is 40.4 Å². The summed E-state index contributed by atoms with van der Waals surface area (Å²) in [5.41, 5.74) is 2.74. The largest absolute Gasteiger partial charge is 0.490 e. The number of fused-ring (bicyclic) bond motifs is 2. The Morgan fingerprint density at radius 1 is 1.07 bits per heavy atom. The minimum atomic E-state index is -0.266. The summed E-state index contributed by atoms with van der Waals surface area (Å²) in [4.78, 5) is 19.9. The molecule has 1 amide bonds. The van der Waals surface area contributed by atoms with Gasteiger partial charge in [-0.3, -0.25) is 4.79 Å². The molecule has 8 heteroatoms. The molecule has 30 heavy (non-hydrogen) atoms. The van der Waals surface area contributed by atoms with Crippen LogP contribution in [0.15, 0.2) is 40.9 Å². The first-order valence-corrected chi connectivity index (χ1v) is 10.4. The SMILES string of the molecule is Cc1ccc(-c2cc(C(=O)Nc3ccc4c(c3)OCCCO4)c3c(C)noc3n2)s1. The monoisotopic (exact) mass is 421 g/mol. The van der Waals surface area contributed by atoms with Crippen molar-refractivity contribution in [1.29, 1.82) is 0 Å². The van der Waals surface area contributed by atoms with Gasteiger partial charge in [0.1, 0.15) is 0 Å². The fourth-order valence-corrected chi connectivity index (χ4v) is 4.24. The molecule has 0 spiro atoms. The molecule has 1 aliphatic rings. The molecular formula is C22H19N3O4S. The Labute approximate surface area is 176 Å². The molecule has 3 aromatic heterocycles. The van der Waals surface area contributed by atoms with Gasteiger partial charge in [-0.25, -0.2) is 4.98 Å². The molecule has 0 unspecified atom stereocenters. The van der Waals surface area contributed by atoms with Gasteiger partial charge in [-0.05, 0) is 44.2 Å². The molecule has 0 radical (unpaired) electrons. The summed E-state index contributed by atoms with van der Waals surface area (Å²) in [6.45, 7) is 5.03. The van der Waals surface area contributed by atoms with Gasteiger partial charge in [0.25, 0.3) is 11.6 Å². The second-order valence-electron chi connectivity index (χ2n) is 7.08. The Hall–Kier alpha value is -3.39. The lowest BCUT2D eigenvalue weighted by Crippen LogP contribution is -2.13. The van der Waals surface area contributed by atoms with Crippen molar-refractivity contribution in [2.75, 3.05) is 18.5 Å². The van der Waals surface area contributed by atoms with Crippen molar-refractivity contribution in [3.8, 4) is 22.1 Å². The average Bonchev–Trinajstić information content (AvgIpc) is 3.25. The molecule has 0 bridgehead atoms. The minimum absolute atomic E-state index is 0.266. The number of hydrogen-bond acceptors (Lipinski definition) is 7. The highest BCUT2D eigenvalue weighted by molar-refractivity contribution is 7.15. The predicted molar refractivity (Wildman–Crippen MR) is 115 cm³/mol. The fourth-order valence-electron chi connectivity index (χ4n) is 3.41. The van der Waals surface area contributed by atoms with Gasteiger partial charge in [0, 0.05) is 23.1 Å². The third kappa shape index (κ3) is 3.39. The molecular weight excluding hydrogens is 402 g/mol. The number of nitrogens with one attached hydrogen (secondary N) is 1. The second-order valence-corrected chi connectivity index (χ2v) is 8.37. The average molecular weight is 421 g/mol. The van der Waals surface area contributed by atoms with E-state index in [1.807, 2.05) is 25.1 Å². The summed E-state index contributed by atoms with van der Waals surface area (Å²) in [6, 6.07) is 11.2. The Kier molecular flexibility index (Phi) is 4.63. The maximum atomic E-state index is 13.2. The first kappa shape index (κ1) is 18.6. The fraction of sp³-hybridized carbons (Fsp3) is 0.227. The van der Waals surface area contributed by atoms with Crippen molar-refractivity contribution in [2.45, 2.75) is 20.3 Å². The predicted octanol–water partition coefficient (Wildman–Crippen LogP) is 4.98. The van der Waals surface area contributed by atoms with Gasteiger partial charge in [-0.15, -0.1) is 11.3 Å². The first-order chi connectivity index (χ1) is 14.6. The van der Waals surface area contributed by atoms with Gasteiger partial charge < -0.3 is 19.3 Å². The molecule has 1 aromatic carbocycles. The van der Waals surface area contributed by atoms with Crippen molar-refractivity contribution in [3.05, 3.63) is 52.5 Å². The highest BCUT2D eigenvalue weighted by atomic mass is 32.1. The van der Waals surface area contributed by atoms with Crippen LogP contribution in [0.25, 0.3) is 21.7 Å². The van der Waals surface area contributed by atoms with Crippen LogP contribution >= 0.6 is 11.3 Å². The van der Waals surface area contributed by atoms with Crippen LogP contribution in [0.3, 0.4) is 0 Å². The zero-order valence-electron chi connectivity index (χ0n) is 16.5. The molecule has 0 aliphatic carbocycles. The summed E-state index contributed by atoms with van der Waals surface area (Å²) >= 11 is 1.61. The quantitative estimate of drug-likeness (QED) is 0.502. The molecule has 4 heterocycles. The number of hydrogen-bond donors (Lipinski definition) is 1. The molecule has 0 fully saturated rings. The molecule has 7 nitrogen and oxygen atoms in total. The number of anilines is 1. The van der Waals surface area contributed by atoms with E-state index >= 15 is 0 Å². The molecule has 4 aromatic rings. The molecule has 0 atom stereocenters. The topological polar surface area (TPSA) is 86.5 Å². The maximum Gasteiger partial charge on any atom is 0.259 e. The number of amides is 1. The normalized spacial score (nSPS) is 13.3. The Morgan fingerprint density at radius 3 is 2.70 bits per heavy atom. The molecule has 0 saturated carbocycles. The van der Waals surface area contributed by atoms with E-state index in [9.17, 15) is 4.79 Å². The van der Waals surface area contributed by atoms with Crippen molar-refractivity contribution >= 4 is 34.0 Å². The van der Waals surface area contributed by atoms with Crippen LogP contribution in [0, 0.1) is 13.8 Å². The van der Waals surface area contributed by atoms with Crippen LogP contribution < -0.4 is 14.8 Å². The molecule has 5 rings (SSSR count). The van der Waals surface area contributed by atoms with E-state index in [4.69, 9.17) is 14.0 Å². The van der Waals surface area contributed by atoms with Crippen molar-refractivity contribution in [3.63, 3.8) is 0 Å². The smallest absolute Gasteiger partial charge is 0.259 e. The lowest BCUT2D eigenvalue weighted by atomic mass is 10.1. The summed E-state index contributed by atoms with van der Waals surface area (Å²) < 4.78 is 16.8. The van der Waals surface area contributed by atoms with Crippen LogP contribution in [-0.2, 0) is 0 Å². The number of ether oxygens (including phenoxy) is 2. The number of benzene rings is 1. The molecule has 0 saturated heterocycles. The highest BCUT2D eigenvalue weighted by Crippen LogP contribution is 2.34. The van der Waals surface area contributed by atoms with E-state index in [1.165, 1.54) is 4.88 Å². The van der Waals surface area contributed by atoms with Crippen LogP contribution in [0.4, 0.5) is 5.69 Å². The van der Waals surface area contributed by atoms with E-state index in [1.54, 1.807) is 36.5 Å². The van der Waals surface area contributed by atoms with Gasteiger partial charge in [0.15, 0.2) is 11.5 Å². The van der Waals surface area contributed by atoms with Crippen molar-refractivity contribution < 1.29 is 18.8 Å². The number of pyridine rings is 1. The van der Waals surface area contributed by atoms with Crippen LogP contribution in [0.1, 0.15) is 27.3 Å². The Morgan fingerprint density at radius 2 is 1.90 bits per heavy atom. The zero-order valence-corrected chi connectivity index (χ0v) is 17.3. The number of carbonyl (C=O) groups is 1. The first-order valence-electron chi connectivity index (χ1n) is 9.63. The number of thiophene rings is 1. The van der Waals surface area contributed by atoms with E-state index < -0.39 is 0 Å². The number of nitrogens with zero attached hydrogens (tertiary/aromatic N) is 2. The third-order valence-corrected chi connectivity index (χ3v) is 5.88. The standard InChI is InChI=1S/C22H19N3O4S/c1-12-4-7-19(30-12)16-11-15(20-13(2)25-29-22(20)24-16)21(26)23-14-5-6-17-18(10-14)28-9-3-8-27-17/h4-7,10-11H,3,8-9H2,1-2H3,(H,23,26). The molecule has 1 N–H and O–H groups in total. The Bertz CT molecular complexity index is 1260. The highest BCUT2D eigenvalue weighted by Gasteiger charge is 2.21. The van der Waals surface area contributed by atoms with Crippen LogP contribution in [0.2, 0.25) is 0 Å². The van der Waals surface area contributed by atoms with Crippen molar-refractivity contribution in [2.24, 2.45) is 0 Å². The van der Waals surface area contributed by atoms with E-state index in [0.29, 0.717) is 58.5 Å². The lowest BCUT2D eigenvalue weighted by Gasteiger charge is -2.11. The Balaban J connectivity index is 1.53. The molecule has 1 aliphatic heterocycles. The second kappa shape index (κ2) is 7.46. The van der Waals surface area contributed by atoms with Gasteiger partial charge in [-0.2, -0.15) is 0 Å². The van der Waals surface area contributed by atoms with Gasteiger partial charge in [0.2, 0.25) is 0 Å². The number of aryl methyl sites for hydroxylation is 2. The summed E-state index contributed by atoms with van der Waals surface area (Å²) in [7, 11) is 0. The van der Waals surface area contributed by atoms with Gasteiger partial charge in [-0.1, -0.05) is 5.16 Å². The number of carbonyl (C=O) groups excluding carboxylic acids is 1. The van der Waals surface area contributed by atoms with Crippen LogP contribution in [-0.4, -0.2) is 29.3 Å². The summed E-state index contributed by atoms with van der Waals surface area (Å²) in [5.74, 6) is 1.04. The lowest BCUT2D eigenvalue weighted by molar-refractivity contribution is 0.102. The van der Waals surface area contributed by atoms with E-state index in [2.05, 4.69) is 15.5 Å². The van der Waals surface area contributed by atoms with Crippen molar-refractivity contribution in [1.82, 2.24) is 10.1 Å². The molecule has 152 valence electrons. The van der Waals surface area contributed by atoms with E-state index in [-0.39, 0.29) is 5.91 Å². The minimum Gasteiger partial charge on any atom is -0.490 e. The van der Waals surface area contributed by atoms with Gasteiger partial charge >= 0.3 is 0 Å². The summed E-state index contributed by atoms with van der Waals surface area (Å²) in [6.07, 6.45) is 0.823. The third-order valence-electron chi connectivity index (χ3n) is 4.86. The summed E-state index contributed by atoms with van der Waals surface area (Å²) in [5, 5.41) is 7.57.